The van der Waals surface area contributed by atoms with Crippen molar-refractivity contribution in [2.24, 2.45) is 0 Å². The maximum Gasteiger partial charge on any atom is 0.275 e. The van der Waals surface area contributed by atoms with Gasteiger partial charge in [-0.2, -0.15) is 0 Å². The van der Waals surface area contributed by atoms with Crippen molar-refractivity contribution in [1.82, 2.24) is 14.8 Å². The normalized spacial score (nSPS) is 20.3. The van der Waals surface area contributed by atoms with Crippen molar-refractivity contribution in [3.63, 3.8) is 0 Å². The number of carbonyl (C=O) groups is 1. The van der Waals surface area contributed by atoms with Crippen molar-refractivity contribution in [1.29, 1.82) is 0 Å². The number of hydrogen-bond acceptors (Lipinski definition) is 5. The molecule has 1 N–H and O–H groups in total. The molecule has 0 bridgehead atoms. The number of alkyl halides is 2. The molecule has 0 radical (unpaired) electrons. The van der Waals surface area contributed by atoms with Crippen LogP contribution in [0.15, 0.2) is 54.9 Å². The largest absolute Gasteiger partial charge is 0.370 e. The second kappa shape index (κ2) is 10.6. The minimum Gasteiger partial charge on any atom is -0.370 e. The summed E-state index contributed by atoms with van der Waals surface area (Å²) in [5.74, 6) is 1.67. The second-order valence-electron chi connectivity index (χ2n) is 10.7. The lowest BCUT2D eigenvalue weighted by atomic mass is 10.0. The Balaban J connectivity index is 1.19. The highest BCUT2D eigenvalue weighted by molar-refractivity contribution is 6.04. The standard InChI is InChI=1S/C31H30F3N5O/c1-37-11-13-39(14-12-37)29-18-31(33,34)27-17-24(6-7-26(27)29)36-30(40)23-5-8-28(32)22(16-23)4-3-21-15-25(20-35-19-21)38-9-2-10-38/h5-8,15-17,19-20,29H,2,9-14,18H2,1H3,(H,36,40). The number of rotatable bonds is 4. The molecule has 0 spiro atoms. The van der Waals surface area contributed by atoms with E-state index in [0.29, 0.717) is 11.1 Å². The molecular formula is C31H30F3N5O. The van der Waals surface area contributed by atoms with Gasteiger partial charge in [0, 0.05) is 80.3 Å². The summed E-state index contributed by atoms with van der Waals surface area (Å²) >= 11 is 0. The number of hydrogen-bond donors (Lipinski definition) is 1. The molecule has 3 aliphatic rings. The minimum absolute atomic E-state index is 0.0473. The topological polar surface area (TPSA) is 51.7 Å². The molecule has 2 saturated heterocycles. The van der Waals surface area contributed by atoms with E-state index >= 15 is 8.78 Å². The fraction of sp³-hybridized carbons (Fsp3) is 0.355. The highest BCUT2D eigenvalue weighted by Crippen LogP contribution is 2.50. The Morgan fingerprint density at radius 3 is 2.55 bits per heavy atom. The van der Waals surface area contributed by atoms with Crippen molar-refractivity contribution in [2.45, 2.75) is 24.8 Å². The van der Waals surface area contributed by atoms with Crippen LogP contribution in [0.3, 0.4) is 0 Å². The molecule has 6 nitrogen and oxygen atoms in total. The van der Waals surface area contributed by atoms with Crippen LogP contribution in [0.2, 0.25) is 0 Å². The Morgan fingerprint density at radius 2 is 1.80 bits per heavy atom. The highest BCUT2D eigenvalue weighted by Gasteiger charge is 2.47. The number of aromatic nitrogens is 1. The Bertz CT molecular complexity index is 1500. The number of carbonyl (C=O) groups excluding carboxylic acids is 1. The molecule has 3 heterocycles. The van der Waals surface area contributed by atoms with Gasteiger partial charge >= 0.3 is 0 Å². The summed E-state index contributed by atoms with van der Waals surface area (Å²) in [5, 5.41) is 2.70. The fourth-order valence-corrected chi connectivity index (χ4v) is 5.51. The first-order chi connectivity index (χ1) is 19.3. The van der Waals surface area contributed by atoms with Crippen LogP contribution in [0.5, 0.6) is 0 Å². The van der Waals surface area contributed by atoms with Crippen molar-refractivity contribution in [2.75, 3.05) is 56.5 Å². The Kier molecular flexibility index (Phi) is 6.99. The predicted molar refractivity (Wildman–Crippen MR) is 148 cm³/mol. The highest BCUT2D eigenvalue weighted by atomic mass is 19.3. The van der Waals surface area contributed by atoms with Gasteiger partial charge in [0.2, 0.25) is 0 Å². The summed E-state index contributed by atoms with van der Waals surface area (Å²) in [6, 6.07) is 10.2. The summed E-state index contributed by atoms with van der Waals surface area (Å²) in [5.41, 5.74) is 2.70. The van der Waals surface area contributed by atoms with E-state index in [-0.39, 0.29) is 34.8 Å². The molecule has 1 aromatic heterocycles. The van der Waals surface area contributed by atoms with E-state index in [1.54, 1.807) is 24.5 Å². The van der Waals surface area contributed by atoms with Gasteiger partial charge in [0.25, 0.3) is 11.8 Å². The van der Waals surface area contributed by atoms with E-state index in [1.807, 2.05) is 13.1 Å². The summed E-state index contributed by atoms with van der Waals surface area (Å²) in [6.07, 6.45) is 4.26. The molecule has 1 amide bonds. The lowest BCUT2D eigenvalue weighted by Crippen LogP contribution is -2.45. The maximum absolute atomic E-state index is 15.1. The van der Waals surface area contributed by atoms with E-state index in [2.05, 4.69) is 36.8 Å². The molecule has 1 unspecified atom stereocenters. The van der Waals surface area contributed by atoms with Crippen LogP contribution in [0.25, 0.3) is 0 Å². The first kappa shape index (κ1) is 26.4. The molecule has 1 atom stereocenters. The quantitative estimate of drug-likeness (QED) is 0.475. The number of nitrogens with one attached hydrogen (secondary N) is 1. The second-order valence-corrected chi connectivity index (χ2v) is 10.7. The van der Waals surface area contributed by atoms with E-state index in [0.717, 1.165) is 51.4 Å². The average molecular weight is 546 g/mol. The third kappa shape index (κ3) is 5.29. The Labute approximate surface area is 231 Å². The minimum atomic E-state index is -2.98. The van der Waals surface area contributed by atoms with Crippen LogP contribution < -0.4 is 10.2 Å². The van der Waals surface area contributed by atoms with Crippen molar-refractivity contribution >= 4 is 17.3 Å². The first-order valence-electron chi connectivity index (χ1n) is 13.5. The number of anilines is 2. The van der Waals surface area contributed by atoms with Gasteiger partial charge < -0.3 is 15.1 Å². The molecule has 3 aromatic rings. The third-order valence-corrected chi connectivity index (χ3v) is 8.01. The number of halogens is 3. The monoisotopic (exact) mass is 545 g/mol. The predicted octanol–water partition coefficient (Wildman–Crippen LogP) is 4.87. The third-order valence-electron chi connectivity index (χ3n) is 8.01. The number of likely N-dealkylation sites (N-methyl/N-ethyl adjacent to an activating group) is 1. The fourth-order valence-electron chi connectivity index (χ4n) is 5.51. The van der Waals surface area contributed by atoms with Crippen LogP contribution in [-0.2, 0) is 5.92 Å². The molecule has 40 heavy (non-hydrogen) atoms. The van der Waals surface area contributed by atoms with Gasteiger partial charge in [0.15, 0.2) is 0 Å². The van der Waals surface area contributed by atoms with Gasteiger partial charge in [-0.15, -0.1) is 0 Å². The van der Waals surface area contributed by atoms with Gasteiger partial charge in [-0.25, -0.2) is 13.2 Å². The summed E-state index contributed by atoms with van der Waals surface area (Å²) < 4.78 is 44.7. The lowest BCUT2D eigenvalue weighted by Gasteiger charge is -2.36. The van der Waals surface area contributed by atoms with Crippen LogP contribution in [0.1, 0.15) is 51.5 Å². The van der Waals surface area contributed by atoms with E-state index < -0.39 is 17.6 Å². The van der Waals surface area contributed by atoms with Gasteiger partial charge in [-0.3, -0.25) is 14.7 Å². The van der Waals surface area contributed by atoms with Gasteiger partial charge in [0.05, 0.1) is 17.4 Å². The number of fused-ring (bicyclic) bond motifs is 1. The maximum atomic E-state index is 15.1. The first-order valence-corrected chi connectivity index (χ1v) is 13.5. The van der Waals surface area contributed by atoms with Gasteiger partial charge in [-0.1, -0.05) is 17.9 Å². The average Bonchev–Trinajstić information content (AvgIpc) is 3.18. The Hall–Kier alpha value is -3.87. The Morgan fingerprint density at radius 1 is 1.00 bits per heavy atom. The molecular weight excluding hydrogens is 515 g/mol. The number of piperazine rings is 1. The zero-order chi connectivity index (χ0) is 27.9. The molecule has 2 aliphatic heterocycles. The number of pyridine rings is 1. The SMILES string of the molecule is CN1CCN(C2CC(F)(F)c3cc(NC(=O)c4ccc(F)c(C#Cc5cncc(N6CCC6)c5)c4)ccc32)CC1. The van der Waals surface area contributed by atoms with Crippen molar-refractivity contribution in [3.05, 3.63) is 88.5 Å². The van der Waals surface area contributed by atoms with E-state index in [4.69, 9.17) is 0 Å². The van der Waals surface area contributed by atoms with Crippen LogP contribution in [0.4, 0.5) is 24.5 Å². The zero-order valence-corrected chi connectivity index (χ0v) is 22.3. The molecule has 2 fully saturated rings. The summed E-state index contributed by atoms with van der Waals surface area (Å²) in [4.78, 5) is 23.7. The van der Waals surface area contributed by atoms with E-state index in [1.165, 1.54) is 24.3 Å². The molecule has 2 aromatic carbocycles. The molecule has 1 aliphatic carbocycles. The number of nitrogens with zero attached hydrogens (tertiary/aromatic N) is 4. The molecule has 6 rings (SSSR count). The zero-order valence-electron chi connectivity index (χ0n) is 22.3. The van der Waals surface area contributed by atoms with Gasteiger partial charge in [-0.05, 0) is 55.4 Å². The lowest BCUT2D eigenvalue weighted by molar-refractivity contribution is -0.0257. The molecule has 206 valence electrons. The smallest absolute Gasteiger partial charge is 0.275 e. The van der Waals surface area contributed by atoms with Crippen LogP contribution in [-0.4, -0.2) is 67.0 Å². The summed E-state index contributed by atoms with van der Waals surface area (Å²) in [6.45, 7) is 5.12. The van der Waals surface area contributed by atoms with Crippen LogP contribution >= 0.6 is 0 Å². The van der Waals surface area contributed by atoms with Gasteiger partial charge in [0.1, 0.15) is 5.82 Å². The molecule has 0 saturated carbocycles. The summed E-state index contributed by atoms with van der Waals surface area (Å²) in [7, 11) is 2.03. The van der Waals surface area contributed by atoms with E-state index in [9.17, 15) is 9.18 Å². The number of amides is 1. The number of benzene rings is 2. The molecule has 9 heteroatoms. The van der Waals surface area contributed by atoms with Crippen LogP contribution in [0, 0.1) is 17.7 Å². The van der Waals surface area contributed by atoms with Crippen molar-refractivity contribution < 1.29 is 18.0 Å². The van der Waals surface area contributed by atoms with Crippen molar-refractivity contribution in [3.8, 4) is 11.8 Å².